The van der Waals surface area contributed by atoms with Crippen molar-refractivity contribution in [2.24, 2.45) is 5.92 Å². The zero-order chi connectivity index (χ0) is 14.2. The summed E-state index contributed by atoms with van der Waals surface area (Å²) >= 11 is 0. The smallest absolute Gasteiger partial charge is 0.299 e. The lowest BCUT2D eigenvalue weighted by Crippen LogP contribution is -2.36. The highest BCUT2D eigenvalue weighted by Crippen LogP contribution is 2.32. The SMILES string of the molecule is CNCC(C)CN1C(=O)C(=O)c2c(F)cc(F)cc21. The lowest BCUT2D eigenvalue weighted by atomic mass is 10.1. The Morgan fingerprint density at radius 3 is 2.63 bits per heavy atom. The minimum absolute atomic E-state index is 0.0236. The van der Waals surface area contributed by atoms with Crippen molar-refractivity contribution in [3.05, 3.63) is 29.3 Å². The average Bonchev–Trinajstić information content (AvgIpc) is 2.54. The number of rotatable bonds is 4. The number of carbonyl (C=O) groups excluding carboxylic acids is 2. The number of hydrogen-bond acceptors (Lipinski definition) is 3. The van der Waals surface area contributed by atoms with E-state index in [1.165, 1.54) is 0 Å². The second-order valence-electron chi connectivity index (χ2n) is 4.69. The standard InChI is InChI=1S/C13H14F2N2O2/c1-7(5-16-2)6-17-10-4-8(14)3-9(15)11(10)12(18)13(17)19/h3-4,7,16H,5-6H2,1-2H3. The molecule has 0 bridgehead atoms. The minimum Gasteiger partial charge on any atom is -0.319 e. The fourth-order valence-corrected chi connectivity index (χ4v) is 2.24. The molecule has 1 aliphatic heterocycles. The fraction of sp³-hybridized carbons (Fsp3) is 0.385. The van der Waals surface area contributed by atoms with E-state index >= 15 is 0 Å². The van der Waals surface area contributed by atoms with Gasteiger partial charge in [-0.15, -0.1) is 0 Å². The van der Waals surface area contributed by atoms with Gasteiger partial charge in [0.2, 0.25) is 0 Å². The molecule has 2 rings (SSSR count). The third-order valence-corrected chi connectivity index (χ3v) is 3.04. The first-order valence-corrected chi connectivity index (χ1v) is 5.95. The molecule has 0 saturated carbocycles. The van der Waals surface area contributed by atoms with Crippen LogP contribution in [0.4, 0.5) is 14.5 Å². The number of hydrogen-bond donors (Lipinski definition) is 1. The molecule has 0 saturated heterocycles. The summed E-state index contributed by atoms with van der Waals surface area (Å²) < 4.78 is 26.8. The van der Waals surface area contributed by atoms with Crippen molar-refractivity contribution in [3.8, 4) is 0 Å². The summed E-state index contributed by atoms with van der Waals surface area (Å²) in [5, 5.41) is 2.94. The van der Waals surface area contributed by atoms with Crippen LogP contribution in [0.15, 0.2) is 12.1 Å². The number of carbonyl (C=O) groups is 2. The second kappa shape index (κ2) is 5.05. The Hall–Kier alpha value is -1.82. The highest BCUT2D eigenvalue weighted by Gasteiger charge is 2.39. The molecule has 0 radical (unpaired) electrons. The molecular weight excluding hydrogens is 254 g/mol. The zero-order valence-corrected chi connectivity index (χ0v) is 10.7. The summed E-state index contributed by atoms with van der Waals surface area (Å²) in [7, 11) is 1.76. The van der Waals surface area contributed by atoms with Crippen LogP contribution in [0.1, 0.15) is 17.3 Å². The number of Topliss-reactive ketones (excluding diaryl/α,β-unsaturated/α-hetero) is 1. The van der Waals surface area contributed by atoms with Crippen LogP contribution in [0.25, 0.3) is 0 Å². The first-order valence-electron chi connectivity index (χ1n) is 5.95. The van der Waals surface area contributed by atoms with E-state index in [1.807, 2.05) is 6.92 Å². The van der Waals surface area contributed by atoms with Crippen LogP contribution in [0.2, 0.25) is 0 Å². The van der Waals surface area contributed by atoms with E-state index in [2.05, 4.69) is 5.32 Å². The maximum absolute atomic E-state index is 13.6. The molecule has 6 heteroatoms. The fourth-order valence-electron chi connectivity index (χ4n) is 2.24. The topological polar surface area (TPSA) is 49.4 Å². The summed E-state index contributed by atoms with van der Waals surface area (Å²) in [4.78, 5) is 24.7. The number of halogens is 2. The molecular formula is C13H14F2N2O2. The molecule has 102 valence electrons. The first kappa shape index (κ1) is 13.6. The van der Waals surface area contributed by atoms with Gasteiger partial charge in [-0.3, -0.25) is 9.59 Å². The van der Waals surface area contributed by atoms with Crippen molar-refractivity contribution in [1.29, 1.82) is 0 Å². The van der Waals surface area contributed by atoms with E-state index in [0.29, 0.717) is 12.6 Å². The largest absolute Gasteiger partial charge is 0.319 e. The number of fused-ring (bicyclic) bond motifs is 1. The lowest BCUT2D eigenvalue weighted by Gasteiger charge is -2.21. The molecule has 4 nitrogen and oxygen atoms in total. The molecule has 19 heavy (non-hydrogen) atoms. The van der Waals surface area contributed by atoms with Crippen molar-refractivity contribution in [2.75, 3.05) is 25.0 Å². The normalized spacial score (nSPS) is 15.9. The predicted molar refractivity (Wildman–Crippen MR) is 66.1 cm³/mol. The monoisotopic (exact) mass is 268 g/mol. The van der Waals surface area contributed by atoms with E-state index < -0.39 is 23.3 Å². The van der Waals surface area contributed by atoms with Crippen molar-refractivity contribution in [3.63, 3.8) is 0 Å². The van der Waals surface area contributed by atoms with Gasteiger partial charge in [-0.1, -0.05) is 6.92 Å². The van der Waals surface area contributed by atoms with E-state index in [0.717, 1.165) is 11.0 Å². The van der Waals surface area contributed by atoms with Crippen LogP contribution in [0, 0.1) is 17.6 Å². The number of amides is 1. The average molecular weight is 268 g/mol. The Labute approximate surface area is 109 Å². The van der Waals surface area contributed by atoms with Crippen LogP contribution in [-0.2, 0) is 4.79 Å². The van der Waals surface area contributed by atoms with Gasteiger partial charge in [-0.25, -0.2) is 8.78 Å². The summed E-state index contributed by atoms with van der Waals surface area (Å²) in [6.07, 6.45) is 0. The Bertz CT molecular complexity index is 546. The zero-order valence-electron chi connectivity index (χ0n) is 10.7. The van der Waals surface area contributed by atoms with Crippen LogP contribution >= 0.6 is 0 Å². The quantitative estimate of drug-likeness (QED) is 0.839. The number of benzene rings is 1. The van der Waals surface area contributed by atoms with Crippen LogP contribution < -0.4 is 10.2 Å². The highest BCUT2D eigenvalue weighted by atomic mass is 19.1. The van der Waals surface area contributed by atoms with E-state index in [9.17, 15) is 18.4 Å². The number of ketones is 1. The van der Waals surface area contributed by atoms with Gasteiger partial charge in [0.05, 0.1) is 11.3 Å². The molecule has 1 aromatic carbocycles. The van der Waals surface area contributed by atoms with Gasteiger partial charge in [0.1, 0.15) is 11.6 Å². The molecule has 0 aromatic heterocycles. The molecule has 0 aliphatic carbocycles. The minimum atomic E-state index is -0.989. The molecule has 1 atom stereocenters. The third kappa shape index (κ3) is 2.35. The molecule has 1 unspecified atom stereocenters. The lowest BCUT2D eigenvalue weighted by molar-refractivity contribution is -0.114. The van der Waals surface area contributed by atoms with Gasteiger partial charge in [-0.05, 0) is 25.6 Å². The van der Waals surface area contributed by atoms with Crippen molar-refractivity contribution >= 4 is 17.4 Å². The molecule has 0 spiro atoms. The summed E-state index contributed by atoms with van der Waals surface area (Å²) in [5.41, 5.74) is -0.307. The molecule has 1 heterocycles. The van der Waals surface area contributed by atoms with E-state index in [1.54, 1.807) is 7.05 Å². The Balaban J connectivity index is 2.38. The van der Waals surface area contributed by atoms with Crippen LogP contribution in [0.5, 0.6) is 0 Å². The van der Waals surface area contributed by atoms with Gasteiger partial charge in [0.15, 0.2) is 0 Å². The molecule has 1 N–H and O–H groups in total. The van der Waals surface area contributed by atoms with Crippen LogP contribution in [0.3, 0.4) is 0 Å². The van der Waals surface area contributed by atoms with E-state index in [-0.39, 0.29) is 23.7 Å². The maximum atomic E-state index is 13.6. The Morgan fingerprint density at radius 1 is 1.32 bits per heavy atom. The van der Waals surface area contributed by atoms with Crippen molar-refractivity contribution in [2.45, 2.75) is 6.92 Å². The molecule has 1 amide bonds. The molecule has 1 aliphatic rings. The summed E-state index contributed by atoms with van der Waals surface area (Å²) in [6.45, 7) is 2.74. The highest BCUT2D eigenvalue weighted by molar-refractivity contribution is 6.52. The maximum Gasteiger partial charge on any atom is 0.299 e. The molecule has 1 aromatic rings. The van der Waals surface area contributed by atoms with Crippen molar-refractivity contribution in [1.82, 2.24) is 5.32 Å². The summed E-state index contributed by atoms with van der Waals surface area (Å²) in [6, 6.07) is 1.64. The summed E-state index contributed by atoms with van der Waals surface area (Å²) in [5.74, 6) is -3.45. The van der Waals surface area contributed by atoms with Gasteiger partial charge in [-0.2, -0.15) is 0 Å². The first-order chi connectivity index (χ1) is 8.95. The van der Waals surface area contributed by atoms with E-state index in [4.69, 9.17) is 0 Å². The number of nitrogens with zero attached hydrogens (tertiary/aromatic N) is 1. The van der Waals surface area contributed by atoms with Gasteiger partial charge in [0, 0.05) is 12.6 Å². The van der Waals surface area contributed by atoms with Crippen molar-refractivity contribution < 1.29 is 18.4 Å². The Morgan fingerprint density at radius 2 is 2.00 bits per heavy atom. The predicted octanol–water partition coefficient (Wildman–Crippen LogP) is 1.35. The molecule has 0 fully saturated rings. The second-order valence-corrected chi connectivity index (χ2v) is 4.69. The number of anilines is 1. The number of nitrogens with one attached hydrogen (secondary N) is 1. The van der Waals surface area contributed by atoms with Crippen LogP contribution in [-0.4, -0.2) is 31.8 Å². The van der Waals surface area contributed by atoms with Gasteiger partial charge < -0.3 is 10.2 Å². The third-order valence-electron chi connectivity index (χ3n) is 3.04. The van der Waals surface area contributed by atoms with Gasteiger partial charge in [0.25, 0.3) is 11.7 Å². The van der Waals surface area contributed by atoms with Gasteiger partial charge >= 0.3 is 0 Å². The Kier molecular flexibility index (Phi) is 3.61.